The number of hydrazone groups is 1. The van der Waals surface area contributed by atoms with Crippen LogP contribution in [0, 0.1) is 27.7 Å². The summed E-state index contributed by atoms with van der Waals surface area (Å²) < 4.78 is 2.21. The molecule has 1 aromatic heterocycles. The lowest BCUT2D eigenvalue weighted by Crippen LogP contribution is -2.18. The summed E-state index contributed by atoms with van der Waals surface area (Å²) in [6.07, 6.45) is 1.58. The highest BCUT2D eigenvalue weighted by molar-refractivity contribution is 5.84. The highest BCUT2D eigenvalue weighted by Crippen LogP contribution is 2.24. The number of aliphatic hydroxyl groups is 1. The first-order valence-corrected chi connectivity index (χ1v) is 10.2. The first-order valence-electron chi connectivity index (χ1n) is 10.2. The van der Waals surface area contributed by atoms with E-state index in [0.29, 0.717) is 6.42 Å². The standard InChI is InChI=1S/C25H29N3O2/c1-17-9-8-12-23(19(17)3)28-18(2)15-22(20(28)4)16-26-27-25(30)14-13-24(29)21-10-6-5-7-11-21/h5-12,15-16,24,29H,13-14H2,1-4H3,(H,27,30)/b26-16-/t24-/m1/s1. The summed E-state index contributed by atoms with van der Waals surface area (Å²) in [4.78, 5) is 12.1. The van der Waals surface area contributed by atoms with E-state index in [-0.39, 0.29) is 12.3 Å². The number of aryl methyl sites for hydroxylation is 2. The molecule has 0 saturated heterocycles. The number of hydrogen-bond acceptors (Lipinski definition) is 3. The molecule has 0 aliphatic heterocycles. The van der Waals surface area contributed by atoms with Gasteiger partial charge in [-0.25, -0.2) is 5.43 Å². The van der Waals surface area contributed by atoms with Gasteiger partial charge in [0.25, 0.3) is 0 Å². The fraction of sp³-hybridized carbons (Fsp3) is 0.280. The van der Waals surface area contributed by atoms with Crippen molar-refractivity contribution >= 4 is 12.1 Å². The summed E-state index contributed by atoms with van der Waals surface area (Å²) in [5.74, 6) is -0.218. The lowest BCUT2D eigenvalue weighted by atomic mass is 10.1. The molecule has 156 valence electrons. The number of rotatable bonds is 7. The van der Waals surface area contributed by atoms with E-state index >= 15 is 0 Å². The van der Waals surface area contributed by atoms with Crippen LogP contribution in [-0.2, 0) is 4.79 Å². The van der Waals surface area contributed by atoms with Gasteiger partial charge in [-0.2, -0.15) is 5.10 Å². The summed E-state index contributed by atoms with van der Waals surface area (Å²) >= 11 is 0. The fourth-order valence-corrected chi connectivity index (χ4v) is 3.61. The molecule has 0 radical (unpaired) electrons. The van der Waals surface area contributed by atoms with Crippen LogP contribution in [0.15, 0.2) is 59.7 Å². The molecular weight excluding hydrogens is 374 g/mol. The number of hydrogen-bond donors (Lipinski definition) is 2. The number of aromatic nitrogens is 1. The Morgan fingerprint density at radius 2 is 1.83 bits per heavy atom. The Balaban J connectivity index is 1.63. The zero-order chi connectivity index (χ0) is 21.7. The molecule has 0 bridgehead atoms. The predicted octanol–water partition coefficient (Wildman–Crippen LogP) is 4.67. The lowest BCUT2D eigenvalue weighted by molar-refractivity contribution is -0.121. The van der Waals surface area contributed by atoms with E-state index in [0.717, 1.165) is 28.2 Å². The minimum absolute atomic E-state index is 0.203. The normalized spacial score (nSPS) is 12.3. The molecule has 0 spiro atoms. The molecular formula is C25H29N3O2. The van der Waals surface area contributed by atoms with Crippen molar-refractivity contribution in [3.63, 3.8) is 0 Å². The number of amides is 1. The molecule has 1 amide bonds. The molecule has 2 N–H and O–H groups in total. The van der Waals surface area contributed by atoms with Gasteiger partial charge in [0.05, 0.1) is 12.3 Å². The number of carbonyl (C=O) groups is 1. The smallest absolute Gasteiger partial charge is 0.240 e. The zero-order valence-corrected chi connectivity index (χ0v) is 18.0. The molecule has 0 unspecified atom stereocenters. The Labute approximate surface area is 178 Å². The van der Waals surface area contributed by atoms with Gasteiger partial charge in [0.15, 0.2) is 0 Å². The van der Waals surface area contributed by atoms with Crippen molar-refractivity contribution < 1.29 is 9.90 Å². The Hall–Kier alpha value is -3.18. The second kappa shape index (κ2) is 9.55. The molecule has 1 atom stereocenters. The van der Waals surface area contributed by atoms with Crippen LogP contribution in [0.1, 0.15) is 52.6 Å². The highest BCUT2D eigenvalue weighted by Gasteiger charge is 2.13. The predicted molar refractivity (Wildman–Crippen MR) is 121 cm³/mol. The fourth-order valence-electron chi connectivity index (χ4n) is 3.61. The van der Waals surface area contributed by atoms with E-state index in [1.165, 1.54) is 11.1 Å². The van der Waals surface area contributed by atoms with Crippen molar-refractivity contribution in [3.8, 4) is 5.69 Å². The zero-order valence-electron chi connectivity index (χ0n) is 18.0. The first-order chi connectivity index (χ1) is 14.4. The number of nitrogens with zero attached hydrogens (tertiary/aromatic N) is 2. The minimum Gasteiger partial charge on any atom is -0.388 e. The first kappa shape index (κ1) is 21.5. The van der Waals surface area contributed by atoms with E-state index < -0.39 is 6.10 Å². The Morgan fingerprint density at radius 3 is 2.57 bits per heavy atom. The third-order valence-corrected chi connectivity index (χ3v) is 5.51. The summed E-state index contributed by atoms with van der Waals surface area (Å²) in [5, 5.41) is 14.3. The Kier molecular flexibility index (Phi) is 6.85. The van der Waals surface area contributed by atoms with Crippen molar-refractivity contribution in [2.45, 2.75) is 46.6 Å². The summed E-state index contributed by atoms with van der Waals surface area (Å²) in [7, 11) is 0. The monoisotopic (exact) mass is 403 g/mol. The summed E-state index contributed by atoms with van der Waals surface area (Å²) in [5.41, 5.74) is 10.2. The second-order valence-electron chi connectivity index (χ2n) is 7.64. The van der Waals surface area contributed by atoms with Gasteiger partial charge in [0, 0.05) is 29.1 Å². The largest absolute Gasteiger partial charge is 0.388 e. The van der Waals surface area contributed by atoms with Crippen LogP contribution in [-0.4, -0.2) is 21.8 Å². The second-order valence-corrected chi connectivity index (χ2v) is 7.64. The van der Waals surface area contributed by atoms with E-state index in [4.69, 9.17) is 0 Å². The molecule has 2 aromatic carbocycles. The van der Waals surface area contributed by atoms with Gasteiger partial charge in [0.2, 0.25) is 5.91 Å². The third kappa shape index (κ3) is 4.86. The van der Waals surface area contributed by atoms with Crippen LogP contribution >= 0.6 is 0 Å². The van der Waals surface area contributed by atoms with Crippen molar-refractivity contribution in [1.82, 2.24) is 9.99 Å². The van der Waals surface area contributed by atoms with E-state index in [2.05, 4.69) is 60.1 Å². The Morgan fingerprint density at radius 1 is 1.10 bits per heavy atom. The van der Waals surface area contributed by atoms with Gasteiger partial charge in [-0.3, -0.25) is 4.79 Å². The van der Waals surface area contributed by atoms with Crippen LogP contribution in [0.4, 0.5) is 0 Å². The van der Waals surface area contributed by atoms with Gasteiger partial charge in [-0.15, -0.1) is 0 Å². The van der Waals surface area contributed by atoms with Crippen molar-refractivity contribution in [3.05, 3.63) is 88.2 Å². The number of aliphatic hydroxyl groups excluding tert-OH is 1. The van der Waals surface area contributed by atoms with Crippen LogP contribution in [0.3, 0.4) is 0 Å². The molecule has 5 nitrogen and oxygen atoms in total. The lowest BCUT2D eigenvalue weighted by Gasteiger charge is -2.14. The van der Waals surface area contributed by atoms with E-state index in [1.807, 2.05) is 37.3 Å². The molecule has 0 aliphatic rings. The molecule has 5 heteroatoms. The maximum absolute atomic E-state index is 12.1. The van der Waals surface area contributed by atoms with E-state index in [9.17, 15) is 9.90 Å². The average molecular weight is 404 g/mol. The van der Waals surface area contributed by atoms with Gasteiger partial charge in [-0.1, -0.05) is 42.5 Å². The number of nitrogens with one attached hydrogen (secondary N) is 1. The highest BCUT2D eigenvalue weighted by atomic mass is 16.3. The molecule has 30 heavy (non-hydrogen) atoms. The SMILES string of the molecule is Cc1cccc(-n2c(C)cc(/C=N\NC(=O)CC[C@@H](O)c3ccccc3)c2C)c1C. The molecule has 0 saturated carbocycles. The van der Waals surface area contributed by atoms with Crippen molar-refractivity contribution in [2.24, 2.45) is 5.10 Å². The van der Waals surface area contributed by atoms with Gasteiger partial charge in [0.1, 0.15) is 0 Å². The van der Waals surface area contributed by atoms with Gasteiger partial charge >= 0.3 is 0 Å². The maximum atomic E-state index is 12.1. The third-order valence-electron chi connectivity index (χ3n) is 5.51. The van der Waals surface area contributed by atoms with Crippen molar-refractivity contribution in [2.75, 3.05) is 0 Å². The molecule has 3 aromatic rings. The van der Waals surface area contributed by atoms with Crippen LogP contribution in [0.2, 0.25) is 0 Å². The number of benzene rings is 2. The van der Waals surface area contributed by atoms with Crippen molar-refractivity contribution in [1.29, 1.82) is 0 Å². The topological polar surface area (TPSA) is 66.6 Å². The summed E-state index contributed by atoms with van der Waals surface area (Å²) in [6, 6.07) is 17.7. The molecule has 0 fully saturated rings. The molecule has 0 aliphatic carbocycles. The minimum atomic E-state index is -0.655. The average Bonchev–Trinajstić information content (AvgIpc) is 3.02. The van der Waals surface area contributed by atoms with Gasteiger partial charge < -0.3 is 9.67 Å². The maximum Gasteiger partial charge on any atom is 0.240 e. The number of carbonyl (C=O) groups excluding carboxylic acids is 1. The van der Waals surface area contributed by atoms with Gasteiger partial charge in [-0.05, 0) is 62.9 Å². The summed E-state index contributed by atoms with van der Waals surface area (Å²) in [6.45, 7) is 8.35. The van der Waals surface area contributed by atoms with Crippen LogP contribution < -0.4 is 5.43 Å². The molecule has 1 heterocycles. The Bertz CT molecular complexity index is 1050. The molecule has 3 rings (SSSR count). The van der Waals surface area contributed by atoms with Crippen LogP contribution in [0.5, 0.6) is 0 Å². The quantitative estimate of drug-likeness (QED) is 0.444. The van der Waals surface area contributed by atoms with E-state index in [1.54, 1.807) is 6.21 Å². The van der Waals surface area contributed by atoms with Crippen LogP contribution in [0.25, 0.3) is 5.69 Å².